The Balaban J connectivity index is 0.000000322. The second-order valence-corrected chi connectivity index (χ2v) is 6.42. The quantitative estimate of drug-likeness (QED) is 0.643. The third kappa shape index (κ3) is 9.96. The summed E-state index contributed by atoms with van der Waals surface area (Å²) in [7, 11) is 9.75. The normalized spacial score (nSPS) is 8.67. The topological polar surface area (TPSA) is 100 Å². The molecule has 0 saturated heterocycles. The molecule has 0 aliphatic carbocycles. The first-order valence-corrected chi connectivity index (χ1v) is 10.7. The molecule has 9 heteroatoms. The molecule has 0 saturated carbocycles. The molecule has 0 aliphatic rings. The molecule has 2 N–H and O–H groups in total. The van der Waals surface area contributed by atoms with Crippen molar-refractivity contribution >= 4 is 30.8 Å². The Bertz CT molecular complexity index is 494. The van der Waals surface area contributed by atoms with Gasteiger partial charge in [0.05, 0.1) is 11.1 Å². The number of hydrogen-bond acceptors (Lipinski definition) is 4. The van der Waals surface area contributed by atoms with Gasteiger partial charge in [0.1, 0.15) is 0 Å². The van der Waals surface area contributed by atoms with Gasteiger partial charge in [0.15, 0.2) is 0 Å². The molecule has 116 valence electrons. The van der Waals surface area contributed by atoms with E-state index in [2.05, 4.69) is 9.97 Å². The van der Waals surface area contributed by atoms with Crippen LogP contribution in [0.1, 0.15) is 20.7 Å². The van der Waals surface area contributed by atoms with Crippen molar-refractivity contribution < 1.29 is 36.3 Å². The SMILES string of the molecule is O=C(O)c1cccnc1.O=C(O)c1cccnc1.[Cl][Pt][Cl]. The van der Waals surface area contributed by atoms with E-state index in [1.54, 1.807) is 12.1 Å². The molecule has 0 fully saturated rings. The number of carbonyl (C=O) groups is 2. The fourth-order valence-corrected chi connectivity index (χ4v) is 0.979. The second kappa shape index (κ2) is 12.3. The molecule has 0 amide bonds. The van der Waals surface area contributed by atoms with Gasteiger partial charge in [0, 0.05) is 24.8 Å². The number of rotatable bonds is 2. The molecule has 21 heavy (non-hydrogen) atoms. The minimum atomic E-state index is -0.942. The van der Waals surface area contributed by atoms with E-state index >= 15 is 0 Å². The van der Waals surface area contributed by atoms with Gasteiger partial charge in [-0.05, 0) is 24.3 Å². The van der Waals surface area contributed by atoms with E-state index in [9.17, 15) is 9.59 Å². The summed E-state index contributed by atoms with van der Waals surface area (Å²) in [6, 6.07) is 6.16. The van der Waals surface area contributed by atoms with E-state index in [0.29, 0.717) is 0 Å². The van der Waals surface area contributed by atoms with Crippen molar-refractivity contribution in [1.82, 2.24) is 9.97 Å². The molecule has 0 spiro atoms. The molecule has 2 rings (SSSR count). The summed E-state index contributed by atoms with van der Waals surface area (Å²) in [6.07, 6.45) is 5.68. The molecule has 0 aromatic carbocycles. The molecule has 6 nitrogen and oxygen atoms in total. The Morgan fingerprint density at radius 3 is 1.38 bits per heavy atom. The van der Waals surface area contributed by atoms with Gasteiger partial charge in [-0.15, -0.1) is 0 Å². The van der Waals surface area contributed by atoms with Crippen molar-refractivity contribution in [3.8, 4) is 0 Å². The van der Waals surface area contributed by atoms with E-state index < -0.39 is 28.4 Å². The Labute approximate surface area is 137 Å². The molecule has 0 atom stereocenters. The Kier molecular flexibility index (Phi) is 11.4. The predicted molar refractivity (Wildman–Crippen MR) is 74.1 cm³/mol. The summed E-state index contributed by atoms with van der Waals surface area (Å²) in [5.74, 6) is -1.88. The van der Waals surface area contributed by atoms with Crippen LogP contribution in [0.5, 0.6) is 0 Å². The zero-order valence-electron chi connectivity index (χ0n) is 10.3. The van der Waals surface area contributed by atoms with Crippen LogP contribution in [0.25, 0.3) is 0 Å². The summed E-state index contributed by atoms with van der Waals surface area (Å²) >= 11 is -0.472. The van der Waals surface area contributed by atoms with Gasteiger partial charge < -0.3 is 10.2 Å². The van der Waals surface area contributed by atoms with Gasteiger partial charge in [-0.25, -0.2) is 9.59 Å². The van der Waals surface area contributed by atoms with Crippen molar-refractivity contribution in [3.05, 3.63) is 60.2 Å². The van der Waals surface area contributed by atoms with Gasteiger partial charge in [-0.2, -0.15) is 0 Å². The molecule has 2 aromatic heterocycles. The van der Waals surface area contributed by atoms with Crippen molar-refractivity contribution in [2.24, 2.45) is 0 Å². The Hall–Kier alpha value is -1.49. The van der Waals surface area contributed by atoms with Crippen LogP contribution in [0.3, 0.4) is 0 Å². The number of pyridine rings is 2. The van der Waals surface area contributed by atoms with Crippen LogP contribution in [-0.2, 0) is 16.5 Å². The van der Waals surface area contributed by atoms with Crippen molar-refractivity contribution in [1.29, 1.82) is 0 Å². The molecule has 0 bridgehead atoms. The van der Waals surface area contributed by atoms with Crippen LogP contribution in [0.15, 0.2) is 49.1 Å². The molecule has 2 aromatic rings. The number of carboxylic acids is 2. The first-order chi connectivity index (χ1) is 10.0. The van der Waals surface area contributed by atoms with Crippen LogP contribution in [-0.4, -0.2) is 32.1 Å². The average molecular weight is 512 g/mol. The van der Waals surface area contributed by atoms with Gasteiger partial charge in [-0.1, -0.05) is 0 Å². The number of aromatic nitrogens is 2. The van der Waals surface area contributed by atoms with E-state index in [-0.39, 0.29) is 11.1 Å². The fraction of sp³-hybridized carbons (Fsp3) is 0. The first-order valence-electron chi connectivity index (χ1n) is 5.12. The van der Waals surface area contributed by atoms with Gasteiger partial charge in [-0.3, -0.25) is 9.97 Å². The zero-order valence-corrected chi connectivity index (χ0v) is 14.1. The Morgan fingerprint density at radius 2 is 1.24 bits per heavy atom. The maximum absolute atomic E-state index is 10.2. The monoisotopic (exact) mass is 511 g/mol. The van der Waals surface area contributed by atoms with E-state index in [0.717, 1.165) is 0 Å². The van der Waals surface area contributed by atoms with E-state index in [4.69, 9.17) is 29.0 Å². The fourth-order valence-electron chi connectivity index (χ4n) is 0.979. The van der Waals surface area contributed by atoms with E-state index in [1.807, 2.05) is 0 Å². The van der Waals surface area contributed by atoms with Gasteiger partial charge >= 0.3 is 47.3 Å². The van der Waals surface area contributed by atoms with Crippen LogP contribution >= 0.6 is 18.8 Å². The van der Waals surface area contributed by atoms with Crippen LogP contribution in [0, 0.1) is 0 Å². The van der Waals surface area contributed by atoms with Gasteiger partial charge in [0.25, 0.3) is 0 Å². The summed E-state index contributed by atoms with van der Waals surface area (Å²) in [6.45, 7) is 0. The number of hydrogen-bond donors (Lipinski definition) is 2. The second-order valence-electron chi connectivity index (χ2n) is 3.14. The summed E-state index contributed by atoms with van der Waals surface area (Å²) in [5.41, 5.74) is 0.440. The predicted octanol–water partition coefficient (Wildman–Crippen LogP) is 2.94. The molecule has 2 heterocycles. The number of nitrogens with zero attached hydrogens (tertiary/aromatic N) is 2. The van der Waals surface area contributed by atoms with Crippen LogP contribution in [0.2, 0.25) is 0 Å². The zero-order chi connectivity index (χ0) is 16.1. The van der Waals surface area contributed by atoms with Crippen molar-refractivity contribution in [2.45, 2.75) is 0 Å². The average Bonchev–Trinajstić information content (AvgIpc) is 2.50. The molecule has 0 radical (unpaired) electrons. The maximum atomic E-state index is 10.2. The Morgan fingerprint density at radius 1 is 0.905 bits per heavy atom. The molecule has 0 aliphatic heterocycles. The van der Waals surface area contributed by atoms with Gasteiger partial charge in [0.2, 0.25) is 0 Å². The standard InChI is InChI=1S/2C6H5NO2.2ClH.Pt/c2*8-6(9)5-2-1-3-7-4-5;;;/h2*1-4H,(H,8,9);2*1H;/q;;;;+2/p-2. The molecular formula is C12H10Cl2N2O4Pt. The summed E-state index contributed by atoms with van der Waals surface area (Å²) in [5, 5.41) is 16.7. The minimum absolute atomic E-state index is 0.220. The molecule has 0 unspecified atom stereocenters. The first kappa shape index (κ1) is 19.5. The summed E-state index contributed by atoms with van der Waals surface area (Å²) in [4.78, 5) is 27.6. The van der Waals surface area contributed by atoms with Crippen LogP contribution < -0.4 is 0 Å². The van der Waals surface area contributed by atoms with Crippen LogP contribution in [0.4, 0.5) is 0 Å². The number of aromatic carboxylic acids is 2. The van der Waals surface area contributed by atoms with Crippen molar-refractivity contribution in [3.63, 3.8) is 0 Å². The third-order valence-electron chi connectivity index (χ3n) is 1.82. The number of halogens is 2. The third-order valence-corrected chi connectivity index (χ3v) is 1.82. The molecular weight excluding hydrogens is 502 g/mol. The number of carboxylic acid groups (broad SMARTS) is 2. The van der Waals surface area contributed by atoms with Crippen molar-refractivity contribution in [2.75, 3.05) is 0 Å². The summed E-state index contributed by atoms with van der Waals surface area (Å²) < 4.78 is 0. The van der Waals surface area contributed by atoms with E-state index in [1.165, 1.54) is 36.9 Å².